The van der Waals surface area contributed by atoms with Crippen molar-refractivity contribution in [2.45, 2.75) is 33.1 Å². The van der Waals surface area contributed by atoms with Crippen molar-refractivity contribution in [1.29, 1.82) is 0 Å². The zero-order valence-electron chi connectivity index (χ0n) is 19.0. The summed E-state index contributed by atoms with van der Waals surface area (Å²) < 4.78 is 44.4. The van der Waals surface area contributed by atoms with Gasteiger partial charge in [-0.05, 0) is 30.7 Å². The highest BCUT2D eigenvalue weighted by atomic mass is 19.4. The lowest BCUT2D eigenvalue weighted by molar-refractivity contribution is -0.142. The summed E-state index contributed by atoms with van der Waals surface area (Å²) in [6.07, 6.45) is -1.77. The van der Waals surface area contributed by atoms with Crippen molar-refractivity contribution in [2.75, 3.05) is 0 Å². The fourth-order valence-electron chi connectivity index (χ4n) is 4.08. The number of nitrogens with one attached hydrogen (secondary N) is 1. The number of aryl methyl sites for hydroxylation is 2. The fourth-order valence-corrected chi connectivity index (χ4v) is 4.08. The van der Waals surface area contributed by atoms with E-state index in [0.29, 0.717) is 16.6 Å². The van der Waals surface area contributed by atoms with Crippen molar-refractivity contribution in [3.63, 3.8) is 0 Å². The average Bonchev–Trinajstić information content (AvgIpc) is 3.44. The van der Waals surface area contributed by atoms with Crippen LogP contribution in [0.15, 0.2) is 60.9 Å². The Bertz CT molecular complexity index is 1560. The van der Waals surface area contributed by atoms with Crippen molar-refractivity contribution in [3.05, 3.63) is 83.4 Å². The van der Waals surface area contributed by atoms with Gasteiger partial charge in [-0.25, -0.2) is 9.50 Å². The molecular formula is C25H21F3N6O. The van der Waals surface area contributed by atoms with Gasteiger partial charge in [-0.3, -0.25) is 9.48 Å². The van der Waals surface area contributed by atoms with Crippen LogP contribution in [0.4, 0.5) is 13.2 Å². The lowest BCUT2D eigenvalue weighted by atomic mass is 10.0. The predicted octanol–water partition coefficient (Wildman–Crippen LogP) is 5.02. The minimum absolute atomic E-state index is 0.0434. The van der Waals surface area contributed by atoms with Crippen molar-refractivity contribution >= 4 is 22.3 Å². The molecule has 0 bridgehead atoms. The van der Waals surface area contributed by atoms with Crippen LogP contribution in [0.2, 0.25) is 0 Å². The van der Waals surface area contributed by atoms with Gasteiger partial charge in [0.25, 0.3) is 5.91 Å². The summed E-state index contributed by atoms with van der Waals surface area (Å²) in [5.41, 5.74) is 1.01. The fraction of sp³-hybridized carbons (Fsp3) is 0.200. The molecule has 0 aliphatic rings. The quantitative estimate of drug-likeness (QED) is 0.385. The first-order valence-electron chi connectivity index (χ1n) is 11.0. The standard InChI is InChI=1S/C25H21F3N6O/c1-3-33-14-17(15(2)32-33)12-29-24(35)20-13-30-34-22(25(26,27)28)11-21(31-23(20)34)19-10-6-8-16-7-4-5-9-18(16)19/h4-11,13-14H,3,12H2,1-2H3,(H,29,35). The molecule has 3 heterocycles. The molecule has 0 fully saturated rings. The van der Waals surface area contributed by atoms with Gasteiger partial charge < -0.3 is 5.32 Å². The highest BCUT2D eigenvalue weighted by molar-refractivity contribution is 6.00. The molecule has 0 aliphatic carbocycles. The maximum atomic E-state index is 14.0. The molecule has 35 heavy (non-hydrogen) atoms. The first-order valence-corrected chi connectivity index (χ1v) is 11.0. The van der Waals surface area contributed by atoms with Gasteiger partial charge in [-0.15, -0.1) is 0 Å². The summed E-state index contributed by atoms with van der Waals surface area (Å²) in [4.78, 5) is 17.5. The Labute approximate surface area is 198 Å². The number of hydrogen-bond acceptors (Lipinski definition) is 4. The molecule has 0 aliphatic heterocycles. The Morgan fingerprint density at radius 2 is 1.89 bits per heavy atom. The highest BCUT2D eigenvalue weighted by Crippen LogP contribution is 2.34. The first kappa shape index (κ1) is 22.6. The second-order valence-electron chi connectivity index (χ2n) is 8.12. The van der Waals surface area contributed by atoms with E-state index in [1.165, 1.54) is 0 Å². The van der Waals surface area contributed by atoms with Crippen LogP contribution < -0.4 is 5.32 Å². The van der Waals surface area contributed by atoms with Gasteiger partial charge in [-0.2, -0.15) is 23.4 Å². The molecular weight excluding hydrogens is 457 g/mol. The topological polar surface area (TPSA) is 77.1 Å². The molecule has 5 aromatic rings. The number of nitrogens with zero attached hydrogens (tertiary/aromatic N) is 5. The van der Waals surface area contributed by atoms with Gasteiger partial charge in [-0.1, -0.05) is 42.5 Å². The normalized spacial score (nSPS) is 11.9. The number of amides is 1. The SMILES string of the molecule is CCn1cc(CNC(=O)c2cnn3c(C(F)(F)F)cc(-c4cccc5ccccc45)nc23)c(C)n1. The third-order valence-corrected chi connectivity index (χ3v) is 5.88. The van der Waals surface area contributed by atoms with Crippen molar-refractivity contribution in [2.24, 2.45) is 0 Å². The van der Waals surface area contributed by atoms with Crippen molar-refractivity contribution in [3.8, 4) is 11.3 Å². The van der Waals surface area contributed by atoms with Crippen LogP contribution >= 0.6 is 0 Å². The summed E-state index contributed by atoms with van der Waals surface area (Å²) in [5, 5.41) is 12.6. The average molecular weight is 478 g/mol. The second-order valence-corrected chi connectivity index (χ2v) is 8.12. The summed E-state index contributed by atoms with van der Waals surface area (Å²) in [5.74, 6) is -0.570. The van der Waals surface area contributed by atoms with E-state index in [9.17, 15) is 18.0 Å². The Morgan fingerprint density at radius 1 is 1.11 bits per heavy atom. The molecule has 0 atom stereocenters. The van der Waals surface area contributed by atoms with Gasteiger partial charge in [0, 0.05) is 30.4 Å². The Morgan fingerprint density at radius 3 is 2.63 bits per heavy atom. The van der Waals surface area contributed by atoms with Crippen LogP contribution in [0.3, 0.4) is 0 Å². The third-order valence-electron chi connectivity index (χ3n) is 5.88. The summed E-state index contributed by atoms with van der Waals surface area (Å²) in [6.45, 7) is 4.64. The molecule has 10 heteroatoms. The number of aromatic nitrogens is 5. The van der Waals surface area contributed by atoms with Crippen LogP contribution in [-0.2, 0) is 19.3 Å². The second kappa shape index (κ2) is 8.53. The Kier molecular flexibility index (Phi) is 5.50. The molecule has 178 valence electrons. The zero-order chi connectivity index (χ0) is 24.7. The molecule has 0 spiro atoms. The molecule has 0 radical (unpaired) electrons. The van der Waals surface area contributed by atoms with E-state index in [1.54, 1.807) is 16.8 Å². The Balaban J connectivity index is 1.59. The van der Waals surface area contributed by atoms with E-state index in [2.05, 4.69) is 20.5 Å². The lowest BCUT2D eigenvalue weighted by Gasteiger charge is -2.13. The predicted molar refractivity (Wildman–Crippen MR) is 125 cm³/mol. The molecule has 0 saturated carbocycles. The smallest absolute Gasteiger partial charge is 0.348 e. The number of rotatable bonds is 5. The van der Waals surface area contributed by atoms with E-state index in [-0.39, 0.29) is 23.4 Å². The van der Waals surface area contributed by atoms with Crippen LogP contribution in [0.5, 0.6) is 0 Å². The van der Waals surface area contributed by atoms with Gasteiger partial charge in [0.05, 0.1) is 17.6 Å². The van der Waals surface area contributed by atoms with Crippen LogP contribution in [-0.4, -0.2) is 30.3 Å². The van der Waals surface area contributed by atoms with Crippen LogP contribution in [0.25, 0.3) is 27.7 Å². The first-order chi connectivity index (χ1) is 16.8. The zero-order valence-corrected chi connectivity index (χ0v) is 19.0. The molecule has 1 N–H and O–H groups in total. The maximum Gasteiger partial charge on any atom is 0.433 e. The highest BCUT2D eigenvalue weighted by Gasteiger charge is 2.36. The summed E-state index contributed by atoms with van der Waals surface area (Å²) in [7, 11) is 0. The number of fused-ring (bicyclic) bond motifs is 2. The number of hydrogen-bond donors (Lipinski definition) is 1. The number of halogens is 3. The monoisotopic (exact) mass is 478 g/mol. The van der Waals surface area contributed by atoms with E-state index >= 15 is 0 Å². The van der Waals surface area contributed by atoms with Crippen LogP contribution in [0.1, 0.15) is 34.2 Å². The molecule has 0 unspecified atom stereocenters. The third kappa shape index (κ3) is 4.11. The van der Waals surface area contributed by atoms with Gasteiger partial charge >= 0.3 is 6.18 Å². The summed E-state index contributed by atoms with van der Waals surface area (Å²) in [6, 6.07) is 13.7. The molecule has 7 nitrogen and oxygen atoms in total. The minimum atomic E-state index is -4.70. The Hall–Kier alpha value is -4.21. The number of carbonyl (C=O) groups is 1. The van der Waals surface area contributed by atoms with E-state index in [1.807, 2.05) is 50.4 Å². The van der Waals surface area contributed by atoms with Crippen LogP contribution in [0, 0.1) is 6.92 Å². The molecule has 0 saturated heterocycles. The maximum absolute atomic E-state index is 14.0. The number of alkyl halides is 3. The minimum Gasteiger partial charge on any atom is -0.348 e. The lowest BCUT2D eigenvalue weighted by Crippen LogP contribution is -2.23. The molecule has 1 amide bonds. The van der Waals surface area contributed by atoms with Gasteiger partial charge in [0.1, 0.15) is 5.56 Å². The summed E-state index contributed by atoms with van der Waals surface area (Å²) >= 11 is 0. The largest absolute Gasteiger partial charge is 0.433 e. The van der Waals surface area contributed by atoms with Crippen molar-refractivity contribution in [1.82, 2.24) is 29.7 Å². The molecule has 5 rings (SSSR count). The molecule has 2 aromatic carbocycles. The number of carbonyl (C=O) groups excluding carboxylic acids is 1. The number of benzene rings is 2. The van der Waals surface area contributed by atoms with E-state index in [0.717, 1.165) is 34.3 Å². The van der Waals surface area contributed by atoms with E-state index in [4.69, 9.17) is 0 Å². The van der Waals surface area contributed by atoms with Gasteiger partial charge in [0.15, 0.2) is 11.3 Å². The van der Waals surface area contributed by atoms with Gasteiger partial charge in [0.2, 0.25) is 0 Å². The van der Waals surface area contributed by atoms with Crippen molar-refractivity contribution < 1.29 is 18.0 Å². The van der Waals surface area contributed by atoms with E-state index < -0.39 is 17.8 Å². The molecule has 3 aromatic heterocycles.